The number of hydrogen-bond donors (Lipinski definition) is 0. The molecule has 0 bridgehead atoms. The highest BCUT2D eigenvalue weighted by molar-refractivity contribution is 5.83. The van der Waals surface area contributed by atoms with Crippen LogP contribution in [0.1, 0.15) is 12.8 Å². The quantitative estimate of drug-likeness (QED) is 0.499. The van der Waals surface area contributed by atoms with Crippen LogP contribution in [0.5, 0.6) is 0 Å². The zero-order chi connectivity index (χ0) is 20.3. The maximum Gasteiger partial charge on any atom is 0.242 e. The van der Waals surface area contributed by atoms with Gasteiger partial charge in [-0.15, -0.1) is 0 Å². The third kappa shape index (κ3) is 3.75. The predicted molar refractivity (Wildman–Crippen MR) is 119 cm³/mol. The third-order valence-corrected chi connectivity index (χ3v) is 6.16. The fourth-order valence-electron chi connectivity index (χ4n) is 4.47. The Hall–Kier alpha value is -3.34. The van der Waals surface area contributed by atoms with Gasteiger partial charge in [0.2, 0.25) is 5.91 Å². The molecule has 0 aliphatic carbocycles. The number of likely N-dealkylation sites (tertiary alicyclic amines) is 1. The highest BCUT2D eigenvalue weighted by Gasteiger charge is 2.24. The number of fused-ring (bicyclic) bond motifs is 1. The molecule has 0 N–H and O–H groups in total. The van der Waals surface area contributed by atoms with Gasteiger partial charge in [-0.3, -0.25) is 4.79 Å². The monoisotopic (exact) mass is 398 g/mol. The summed E-state index contributed by atoms with van der Waals surface area (Å²) in [6, 6.07) is 20.6. The zero-order valence-electron chi connectivity index (χ0n) is 17.0. The van der Waals surface area contributed by atoms with Crippen LogP contribution in [0.15, 0.2) is 79.3 Å². The van der Waals surface area contributed by atoms with Crippen molar-refractivity contribution in [3.05, 3.63) is 79.3 Å². The van der Waals surface area contributed by atoms with Crippen molar-refractivity contribution < 1.29 is 4.79 Å². The first-order valence-corrected chi connectivity index (χ1v) is 10.7. The van der Waals surface area contributed by atoms with Crippen LogP contribution in [-0.2, 0) is 17.9 Å². The van der Waals surface area contributed by atoms with Crippen molar-refractivity contribution in [1.82, 2.24) is 19.0 Å². The molecule has 5 rings (SSSR count). The summed E-state index contributed by atoms with van der Waals surface area (Å²) in [6.45, 7) is 3.03. The summed E-state index contributed by atoms with van der Waals surface area (Å²) in [5.41, 5.74) is 2.27. The Morgan fingerprint density at radius 2 is 1.67 bits per heavy atom. The zero-order valence-corrected chi connectivity index (χ0v) is 17.0. The summed E-state index contributed by atoms with van der Waals surface area (Å²) in [5, 5.41) is 1.18. The molecule has 0 spiro atoms. The van der Waals surface area contributed by atoms with Gasteiger partial charge in [0.15, 0.2) is 0 Å². The fourth-order valence-corrected chi connectivity index (χ4v) is 4.47. The molecule has 0 saturated carbocycles. The first-order chi connectivity index (χ1) is 14.8. The van der Waals surface area contributed by atoms with Gasteiger partial charge in [0.25, 0.3) is 0 Å². The van der Waals surface area contributed by atoms with E-state index in [1.807, 2.05) is 47.6 Å². The summed E-state index contributed by atoms with van der Waals surface area (Å²) in [4.78, 5) is 19.4. The van der Waals surface area contributed by atoms with Crippen molar-refractivity contribution >= 4 is 16.8 Å². The van der Waals surface area contributed by atoms with E-state index in [-0.39, 0.29) is 5.91 Å². The number of piperidine rings is 1. The Kier molecular flexibility index (Phi) is 5.10. The summed E-state index contributed by atoms with van der Waals surface area (Å²) in [6.07, 6.45) is 8.02. The van der Waals surface area contributed by atoms with E-state index in [4.69, 9.17) is 0 Å². The minimum absolute atomic E-state index is 0.211. The molecular weight excluding hydrogens is 372 g/mol. The minimum atomic E-state index is 0.211. The summed E-state index contributed by atoms with van der Waals surface area (Å²) in [7, 11) is 0. The van der Waals surface area contributed by atoms with Crippen molar-refractivity contribution in [3.63, 3.8) is 0 Å². The Labute approximate surface area is 176 Å². The van der Waals surface area contributed by atoms with Crippen molar-refractivity contribution in [1.29, 1.82) is 0 Å². The predicted octanol–water partition coefficient (Wildman–Crippen LogP) is 4.44. The first-order valence-electron chi connectivity index (χ1n) is 10.7. The molecule has 2 aromatic carbocycles. The van der Waals surface area contributed by atoms with Crippen LogP contribution < -0.4 is 0 Å². The van der Waals surface area contributed by atoms with E-state index in [2.05, 4.69) is 50.6 Å². The molecular formula is C25H26N4O. The number of benzene rings is 2. The second kappa shape index (κ2) is 8.19. The number of aromatic nitrogens is 3. The molecule has 5 nitrogen and oxygen atoms in total. The molecule has 1 aliphatic heterocycles. The standard InChI is InChI=1S/C25H26N4O/c30-24(19-28-16-12-21-6-4-5-9-23(21)28)27-14-10-20(11-15-27)18-29-17-13-26-25(29)22-7-2-1-3-8-22/h1-9,12-13,16-17,20H,10-11,14-15,18-19H2. The van der Waals surface area contributed by atoms with Gasteiger partial charge in [-0.25, -0.2) is 4.98 Å². The van der Waals surface area contributed by atoms with E-state index in [1.165, 1.54) is 5.39 Å². The number of para-hydroxylation sites is 1. The summed E-state index contributed by atoms with van der Waals surface area (Å²) in [5.74, 6) is 1.80. The van der Waals surface area contributed by atoms with Gasteiger partial charge in [0.05, 0.1) is 0 Å². The Morgan fingerprint density at radius 1 is 0.900 bits per heavy atom. The van der Waals surface area contributed by atoms with E-state index in [9.17, 15) is 4.79 Å². The number of nitrogens with zero attached hydrogens (tertiary/aromatic N) is 4. The van der Waals surface area contributed by atoms with Crippen LogP contribution in [0.4, 0.5) is 0 Å². The molecule has 3 heterocycles. The van der Waals surface area contributed by atoms with Crippen LogP contribution >= 0.6 is 0 Å². The lowest BCUT2D eigenvalue weighted by Gasteiger charge is -2.32. The second-order valence-electron chi connectivity index (χ2n) is 8.10. The average molecular weight is 399 g/mol. The Balaban J connectivity index is 1.19. The number of amides is 1. The van der Waals surface area contributed by atoms with E-state index in [0.29, 0.717) is 12.5 Å². The minimum Gasteiger partial charge on any atom is -0.341 e. The van der Waals surface area contributed by atoms with E-state index < -0.39 is 0 Å². The average Bonchev–Trinajstić information content (AvgIpc) is 3.42. The number of imidazole rings is 1. The molecule has 4 aromatic rings. The van der Waals surface area contributed by atoms with Gasteiger partial charge in [0.1, 0.15) is 12.4 Å². The second-order valence-corrected chi connectivity index (χ2v) is 8.10. The highest BCUT2D eigenvalue weighted by Crippen LogP contribution is 2.24. The summed E-state index contributed by atoms with van der Waals surface area (Å²) < 4.78 is 4.31. The lowest BCUT2D eigenvalue weighted by atomic mass is 9.96. The van der Waals surface area contributed by atoms with Gasteiger partial charge in [-0.05, 0) is 36.3 Å². The van der Waals surface area contributed by atoms with Gasteiger partial charge >= 0.3 is 0 Å². The highest BCUT2D eigenvalue weighted by atomic mass is 16.2. The molecule has 1 amide bonds. The van der Waals surface area contributed by atoms with E-state index in [0.717, 1.165) is 49.4 Å². The molecule has 0 radical (unpaired) electrons. The number of hydrogen-bond acceptors (Lipinski definition) is 2. The van der Waals surface area contributed by atoms with E-state index >= 15 is 0 Å². The van der Waals surface area contributed by atoms with Crippen molar-refractivity contribution in [2.45, 2.75) is 25.9 Å². The maximum absolute atomic E-state index is 12.9. The summed E-state index contributed by atoms with van der Waals surface area (Å²) >= 11 is 0. The topological polar surface area (TPSA) is 43.1 Å². The van der Waals surface area contributed by atoms with Crippen LogP contribution in [0, 0.1) is 5.92 Å². The normalized spacial score (nSPS) is 15.0. The Bertz CT molecular complexity index is 1140. The van der Waals surface area contributed by atoms with Crippen LogP contribution in [-0.4, -0.2) is 38.0 Å². The van der Waals surface area contributed by atoms with Crippen LogP contribution in [0.3, 0.4) is 0 Å². The number of carbonyl (C=O) groups is 1. The lowest BCUT2D eigenvalue weighted by Crippen LogP contribution is -2.40. The van der Waals surface area contributed by atoms with Gasteiger partial charge in [-0.1, -0.05) is 48.5 Å². The van der Waals surface area contributed by atoms with Crippen LogP contribution in [0.2, 0.25) is 0 Å². The van der Waals surface area contributed by atoms with Crippen LogP contribution in [0.25, 0.3) is 22.3 Å². The van der Waals surface area contributed by atoms with Gasteiger partial charge in [0, 0.05) is 49.3 Å². The lowest BCUT2D eigenvalue weighted by molar-refractivity contribution is -0.133. The third-order valence-electron chi connectivity index (χ3n) is 6.16. The van der Waals surface area contributed by atoms with Crippen molar-refractivity contribution in [2.24, 2.45) is 5.92 Å². The molecule has 0 atom stereocenters. The number of rotatable bonds is 5. The van der Waals surface area contributed by atoms with Crippen molar-refractivity contribution in [3.8, 4) is 11.4 Å². The molecule has 2 aromatic heterocycles. The first kappa shape index (κ1) is 18.7. The molecule has 30 heavy (non-hydrogen) atoms. The van der Waals surface area contributed by atoms with Crippen molar-refractivity contribution in [2.75, 3.05) is 13.1 Å². The molecule has 152 valence electrons. The smallest absolute Gasteiger partial charge is 0.242 e. The molecule has 1 saturated heterocycles. The Morgan fingerprint density at radius 3 is 2.50 bits per heavy atom. The maximum atomic E-state index is 12.9. The SMILES string of the molecule is O=C(Cn1ccc2ccccc21)N1CCC(Cn2ccnc2-c2ccccc2)CC1. The molecule has 1 aliphatic rings. The number of carbonyl (C=O) groups excluding carboxylic acids is 1. The fraction of sp³-hybridized carbons (Fsp3) is 0.280. The van der Waals surface area contributed by atoms with Gasteiger partial charge in [-0.2, -0.15) is 0 Å². The van der Waals surface area contributed by atoms with E-state index in [1.54, 1.807) is 0 Å². The molecule has 1 fully saturated rings. The van der Waals surface area contributed by atoms with Gasteiger partial charge < -0.3 is 14.0 Å². The molecule has 5 heteroatoms. The molecule has 0 unspecified atom stereocenters. The largest absolute Gasteiger partial charge is 0.341 e.